The van der Waals surface area contributed by atoms with Gasteiger partial charge in [-0.2, -0.15) is 0 Å². The van der Waals surface area contributed by atoms with Crippen LogP contribution in [0.25, 0.3) is 0 Å². The number of carbonyl (C=O) groups is 1. The standard InChI is InChI=1S/C19H28N2O2/c1-23-16-11-9-15(10-12-16)20-18-8-4-3-7-17(18)19(22)21-13-5-2-6-14-21/h9-12,17-18,20H,2-8,13-14H2,1H3/t17-,18-/m0/s1. The number of anilines is 1. The molecule has 1 saturated carbocycles. The zero-order chi connectivity index (χ0) is 16.1. The topological polar surface area (TPSA) is 41.6 Å². The van der Waals surface area contributed by atoms with Crippen molar-refractivity contribution < 1.29 is 9.53 Å². The van der Waals surface area contributed by atoms with E-state index >= 15 is 0 Å². The van der Waals surface area contributed by atoms with E-state index in [9.17, 15) is 4.79 Å². The van der Waals surface area contributed by atoms with Crippen LogP contribution in [0.5, 0.6) is 5.75 Å². The van der Waals surface area contributed by atoms with Crippen LogP contribution in [0.2, 0.25) is 0 Å². The first-order valence-corrected chi connectivity index (χ1v) is 8.97. The number of hydrogen-bond donors (Lipinski definition) is 1. The van der Waals surface area contributed by atoms with Gasteiger partial charge in [0, 0.05) is 24.8 Å². The molecule has 0 aromatic heterocycles. The highest BCUT2D eigenvalue weighted by atomic mass is 16.5. The molecule has 0 radical (unpaired) electrons. The van der Waals surface area contributed by atoms with Crippen LogP contribution in [0.15, 0.2) is 24.3 Å². The summed E-state index contributed by atoms with van der Waals surface area (Å²) in [5.74, 6) is 1.36. The molecule has 0 unspecified atom stereocenters. The number of hydrogen-bond acceptors (Lipinski definition) is 3. The van der Waals surface area contributed by atoms with Crippen LogP contribution in [0.4, 0.5) is 5.69 Å². The number of methoxy groups -OCH3 is 1. The van der Waals surface area contributed by atoms with E-state index in [0.29, 0.717) is 5.91 Å². The van der Waals surface area contributed by atoms with Gasteiger partial charge in [0.1, 0.15) is 5.75 Å². The van der Waals surface area contributed by atoms with Crippen LogP contribution in [0.3, 0.4) is 0 Å². The molecule has 4 heteroatoms. The molecule has 1 N–H and O–H groups in total. The Hall–Kier alpha value is -1.71. The second-order valence-electron chi connectivity index (χ2n) is 6.76. The van der Waals surface area contributed by atoms with Gasteiger partial charge in [-0.25, -0.2) is 0 Å². The van der Waals surface area contributed by atoms with Crippen molar-refractivity contribution in [3.05, 3.63) is 24.3 Å². The molecule has 126 valence electrons. The predicted octanol–water partition coefficient (Wildman–Crippen LogP) is 3.68. The molecule has 1 saturated heterocycles. The van der Waals surface area contributed by atoms with Crippen molar-refractivity contribution in [3.63, 3.8) is 0 Å². The first-order chi connectivity index (χ1) is 11.3. The summed E-state index contributed by atoms with van der Waals surface area (Å²) < 4.78 is 5.21. The van der Waals surface area contributed by atoms with Crippen molar-refractivity contribution in [2.24, 2.45) is 5.92 Å². The average molecular weight is 316 g/mol. The molecule has 0 spiro atoms. The number of ether oxygens (including phenoxy) is 1. The normalized spacial score (nSPS) is 25.0. The Morgan fingerprint density at radius 2 is 1.74 bits per heavy atom. The summed E-state index contributed by atoms with van der Waals surface area (Å²) in [6.07, 6.45) is 8.06. The largest absolute Gasteiger partial charge is 0.497 e. The summed E-state index contributed by atoms with van der Waals surface area (Å²) in [4.78, 5) is 15.0. The first kappa shape index (κ1) is 16.2. The van der Waals surface area contributed by atoms with Crippen molar-refractivity contribution in [2.75, 3.05) is 25.5 Å². The number of rotatable bonds is 4. The molecule has 2 fully saturated rings. The Morgan fingerprint density at radius 1 is 1.04 bits per heavy atom. The summed E-state index contributed by atoms with van der Waals surface area (Å²) in [5.41, 5.74) is 1.08. The van der Waals surface area contributed by atoms with E-state index in [1.807, 2.05) is 24.3 Å². The SMILES string of the molecule is COc1ccc(N[C@H]2CCCC[C@@H]2C(=O)N2CCCCC2)cc1. The van der Waals surface area contributed by atoms with Gasteiger partial charge in [0.05, 0.1) is 13.0 Å². The van der Waals surface area contributed by atoms with Gasteiger partial charge < -0.3 is 15.0 Å². The third-order valence-electron chi connectivity index (χ3n) is 5.19. The van der Waals surface area contributed by atoms with Crippen molar-refractivity contribution in [1.29, 1.82) is 0 Å². The van der Waals surface area contributed by atoms with Gasteiger partial charge in [0.15, 0.2) is 0 Å². The predicted molar refractivity (Wildman–Crippen MR) is 92.8 cm³/mol. The number of nitrogens with zero attached hydrogens (tertiary/aromatic N) is 1. The van der Waals surface area contributed by atoms with Crippen molar-refractivity contribution in [2.45, 2.75) is 51.0 Å². The van der Waals surface area contributed by atoms with Crippen molar-refractivity contribution >= 4 is 11.6 Å². The van der Waals surface area contributed by atoms with E-state index in [1.165, 1.54) is 19.3 Å². The fourth-order valence-corrected chi connectivity index (χ4v) is 3.85. The smallest absolute Gasteiger partial charge is 0.227 e. The summed E-state index contributed by atoms with van der Waals surface area (Å²) in [7, 11) is 1.68. The van der Waals surface area contributed by atoms with Crippen LogP contribution in [0, 0.1) is 5.92 Å². The van der Waals surface area contributed by atoms with E-state index in [-0.39, 0.29) is 12.0 Å². The maximum atomic E-state index is 12.9. The lowest BCUT2D eigenvalue weighted by atomic mass is 9.83. The van der Waals surface area contributed by atoms with Gasteiger partial charge >= 0.3 is 0 Å². The molecule has 1 heterocycles. The van der Waals surface area contributed by atoms with Gasteiger partial charge in [-0.3, -0.25) is 4.79 Å². The van der Waals surface area contributed by atoms with E-state index in [1.54, 1.807) is 7.11 Å². The molecule has 23 heavy (non-hydrogen) atoms. The number of benzene rings is 1. The molecule has 1 aliphatic heterocycles. The number of nitrogens with one attached hydrogen (secondary N) is 1. The number of likely N-dealkylation sites (tertiary alicyclic amines) is 1. The molecule has 3 rings (SSSR count). The Kier molecular flexibility index (Phi) is 5.42. The summed E-state index contributed by atoms with van der Waals surface area (Å²) in [5, 5.41) is 3.60. The first-order valence-electron chi connectivity index (χ1n) is 8.97. The molecule has 2 atom stereocenters. The Labute approximate surface area is 139 Å². The maximum absolute atomic E-state index is 12.9. The molecule has 1 aromatic carbocycles. The van der Waals surface area contributed by atoms with Crippen LogP contribution in [-0.4, -0.2) is 37.0 Å². The minimum atomic E-state index is 0.129. The summed E-state index contributed by atoms with van der Waals surface area (Å²) >= 11 is 0. The molecular weight excluding hydrogens is 288 g/mol. The molecule has 1 aliphatic carbocycles. The van der Waals surface area contributed by atoms with Gasteiger partial charge in [-0.05, 0) is 56.4 Å². The highest BCUT2D eigenvalue weighted by Crippen LogP contribution is 2.30. The molecule has 1 amide bonds. The van der Waals surface area contributed by atoms with Crippen LogP contribution in [-0.2, 0) is 4.79 Å². The third-order valence-corrected chi connectivity index (χ3v) is 5.19. The highest BCUT2D eigenvalue weighted by molar-refractivity contribution is 5.80. The highest BCUT2D eigenvalue weighted by Gasteiger charge is 2.34. The lowest BCUT2D eigenvalue weighted by molar-refractivity contribution is -0.137. The van der Waals surface area contributed by atoms with Crippen molar-refractivity contribution in [3.8, 4) is 5.75 Å². The number of carbonyl (C=O) groups excluding carboxylic acids is 1. The van der Waals surface area contributed by atoms with Gasteiger partial charge in [0.2, 0.25) is 5.91 Å². The zero-order valence-corrected chi connectivity index (χ0v) is 14.1. The van der Waals surface area contributed by atoms with Crippen LogP contribution in [0.1, 0.15) is 44.9 Å². The lowest BCUT2D eigenvalue weighted by Crippen LogP contribution is -2.46. The minimum absolute atomic E-state index is 0.129. The quantitative estimate of drug-likeness (QED) is 0.921. The van der Waals surface area contributed by atoms with Gasteiger partial charge in [-0.1, -0.05) is 12.8 Å². The second kappa shape index (κ2) is 7.71. The average Bonchev–Trinajstić information content (AvgIpc) is 2.63. The number of amides is 1. The number of piperidine rings is 1. The minimum Gasteiger partial charge on any atom is -0.497 e. The molecule has 4 nitrogen and oxygen atoms in total. The van der Waals surface area contributed by atoms with E-state index in [2.05, 4.69) is 10.2 Å². The zero-order valence-electron chi connectivity index (χ0n) is 14.1. The fraction of sp³-hybridized carbons (Fsp3) is 0.632. The molecular formula is C19H28N2O2. The van der Waals surface area contributed by atoms with Crippen LogP contribution < -0.4 is 10.1 Å². The summed E-state index contributed by atoms with van der Waals surface area (Å²) in [6, 6.07) is 8.26. The Morgan fingerprint density at radius 3 is 2.43 bits per heavy atom. The monoisotopic (exact) mass is 316 g/mol. The van der Waals surface area contributed by atoms with E-state index in [4.69, 9.17) is 4.74 Å². The van der Waals surface area contributed by atoms with Crippen LogP contribution >= 0.6 is 0 Å². The van der Waals surface area contributed by atoms with Gasteiger partial charge in [0.25, 0.3) is 0 Å². The van der Waals surface area contributed by atoms with E-state index < -0.39 is 0 Å². The fourth-order valence-electron chi connectivity index (χ4n) is 3.85. The maximum Gasteiger partial charge on any atom is 0.227 e. The Bertz CT molecular complexity index is 509. The second-order valence-corrected chi connectivity index (χ2v) is 6.76. The van der Waals surface area contributed by atoms with Gasteiger partial charge in [-0.15, -0.1) is 0 Å². The van der Waals surface area contributed by atoms with E-state index in [0.717, 1.165) is 50.2 Å². The third kappa shape index (κ3) is 3.98. The molecule has 1 aromatic rings. The lowest BCUT2D eigenvalue weighted by Gasteiger charge is -2.37. The molecule has 0 bridgehead atoms. The van der Waals surface area contributed by atoms with Crippen molar-refractivity contribution in [1.82, 2.24) is 4.90 Å². The Balaban J connectivity index is 1.66. The molecule has 2 aliphatic rings. The summed E-state index contributed by atoms with van der Waals surface area (Å²) in [6.45, 7) is 1.90.